The summed E-state index contributed by atoms with van der Waals surface area (Å²) in [5.41, 5.74) is 0.667. The molecule has 2 rings (SSSR count). The van der Waals surface area contributed by atoms with Gasteiger partial charge in [-0.2, -0.15) is 8.42 Å². The molecule has 1 saturated heterocycles. The fraction of sp³-hybridized carbons (Fsp3) is 0.588. The molecular formula is C17H26N2O3S. The first-order valence-electron chi connectivity index (χ1n) is 7.83. The fourth-order valence-corrected chi connectivity index (χ4v) is 3.89. The van der Waals surface area contributed by atoms with E-state index in [1.807, 2.05) is 39.6 Å². The van der Waals surface area contributed by atoms with Crippen molar-refractivity contribution < 1.29 is 13.5 Å². The molecule has 1 aliphatic heterocycles. The number of nitrogens with zero attached hydrogens (tertiary/aromatic N) is 2. The van der Waals surface area contributed by atoms with Crippen molar-refractivity contribution in [1.82, 2.24) is 4.90 Å². The highest BCUT2D eigenvalue weighted by Gasteiger charge is 2.39. The van der Waals surface area contributed by atoms with Gasteiger partial charge in [0.25, 0.3) is 10.0 Å². The van der Waals surface area contributed by atoms with Crippen LogP contribution in [0, 0.1) is 18.3 Å². The average Bonchev–Trinajstić information content (AvgIpc) is 2.78. The van der Waals surface area contributed by atoms with E-state index < -0.39 is 16.1 Å². The van der Waals surface area contributed by atoms with E-state index in [0.717, 1.165) is 5.56 Å². The second-order valence-corrected chi connectivity index (χ2v) is 8.97. The van der Waals surface area contributed by atoms with Crippen molar-refractivity contribution in [2.75, 3.05) is 13.6 Å². The summed E-state index contributed by atoms with van der Waals surface area (Å²) in [5, 5.41) is 10.6. The Balaban J connectivity index is 2.40. The quantitative estimate of drug-likeness (QED) is 0.919. The number of aryl methyl sites for hydroxylation is 1. The number of rotatable bonds is 3. The molecule has 2 atom stereocenters. The summed E-state index contributed by atoms with van der Waals surface area (Å²) in [7, 11) is -1.95. The van der Waals surface area contributed by atoms with Crippen molar-refractivity contribution in [3.63, 3.8) is 0 Å². The van der Waals surface area contributed by atoms with Gasteiger partial charge in [0, 0.05) is 19.5 Å². The number of benzene rings is 1. The van der Waals surface area contributed by atoms with Crippen LogP contribution in [0.2, 0.25) is 0 Å². The van der Waals surface area contributed by atoms with Gasteiger partial charge in [0.15, 0.2) is 0 Å². The van der Waals surface area contributed by atoms with Crippen LogP contribution in [0.4, 0.5) is 0 Å². The zero-order chi connectivity index (χ0) is 17.4. The van der Waals surface area contributed by atoms with Gasteiger partial charge in [0.05, 0.1) is 11.0 Å². The molecule has 6 heteroatoms. The summed E-state index contributed by atoms with van der Waals surface area (Å²) in [6.07, 6.45) is 0.0661. The lowest BCUT2D eigenvalue weighted by Crippen LogP contribution is -2.38. The predicted octanol–water partition coefficient (Wildman–Crippen LogP) is 2.44. The van der Waals surface area contributed by atoms with Crippen molar-refractivity contribution in [3.8, 4) is 0 Å². The Hall–Kier alpha value is -1.40. The van der Waals surface area contributed by atoms with Gasteiger partial charge in [-0.1, -0.05) is 38.5 Å². The summed E-state index contributed by atoms with van der Waals surface area (Å²) in [5.74, 6) is 0.188. The summed E-state index contributed by atoms with van der Waals surface area (Å²) >= 11 is 0. The highest BCUT2D eigenvalue weighted by molar-refractivity contribution is 7.90. The minimum Gasteiger partial charge on any atom is -0.392 e. The minimum absolute atomic E-state index is 0.180. The first-order valence-corrected chi connectivity index (χ1v) is 9.27. The minimum atomic E-state index is -3.77. The molecule has 1 aromatic rings. The first-order chi connectivity index (χ1) is 10.5. The number of sulfonamides is 1. The fourth-order valence-electron chi connectivity index (χ4n) is 2.79. The third kappa shape index (κ3) is 3.93. The van der Waals surface area contributed by atoms with Gasteiger partial charge in [-0.25, -0.2) is 0 Å². The van der Waals surface area contributed by atoms with Gasteiger partial charge in [-0.05, 0) is 30.9 Å². The second-order valence-electron chi connectivity index (χ2n) is 7.37. The normalized spacial score (nSPS) is 22.6. The van der Waals surface area contributed by atoms with Crippen LogP contribution in [0.25, 0.3) is 0 Å². The van der Waals surface area contributed by atoms with E-state index in [2.05, 4.69) is 4.40 Å². The molecule has 0 aliphatic carbocycles. The van der Waals surface area contributed by atoms with Crippen LogP contribution < -0.4 is 0 Å². The third-order valence-corrected chi connectivity index (χ3v) is 5.59. The summed E-state index contributed by atoms with van der Waals surface area (Å²) < 4.78 is 29.2. The Morgan fingerprint density at radius 1 is 1.26 bits per heavy atom. The number of aliphatic hydroxyl groups is 1. The van der Waals surface area contributed by atoms with Gasteiger partial charge in [-0.15, -0.1) is 4.40 Å². The van der Waals surface area contributed by atoms with Crippen LogP contribution in [0.3, 0.4) is 0 Å². The van der Waals surface area contributed by atoms with Gasteiger partial charge in [0.1, 0.15) is 5.84 Å². The molecule has 5 nitrogen and oxygen atoms in total. The van der Waals surface area contributed by atoms with E-state index in [1.165, 1.54) is 0 Å². The maximum atomic E-state index is 12.6. The van der Waals surface area contributed by atoms with E-state index in [4.69, 9.17) is 0 Å². The molecule has 1 aromatic carbocycles. The number of hydrogen-bond acceptors (Lipinski definition) is 3. The zero-order valence-corrected chi connectivity index (χ0v) is 15.3. The molecule has 0 spiro atoms. The van der Waals surface area contributed by atoms with Crippen molar-refractivity contribution in [1.29, 1.82) is 0 Å². The van der Waals surface area contributed by atoms with Crippen LogP contribution >= 0.6 is 0 Å². The molecular weight excluding hydrogens is 312 g/mol. The Kier molecular flexibility index (Phi) is 4.87. The molecule has 0 amide bonds. The Bertz CT molecular complexity index is 688. The molecule has 0 saturated carbocycles. The average molecular weight is 338 g/mol. The van der Waals surface area contributed by atoms with E-state index >= 15 is 0 Å². The van der Waals surface area contributed by atoms with E-state index in [-0.39, 0.29) is 16.2 Å². The highest BCUT2D eigenvalue weighted by atomic mass is 32.2. The lowest BCUT2D eigenvalue weighted by Gasteiger charge is -2.31. The molecule has 128 valence electrons. The van der Waals surface area contributed by atoms with E-state index in [1.54, 1.807) is 24.3 Å². The maximum absolute atomic E-state index is 12.6. The zero-order valence-electron chi connectivity index (χ0n) is 14.4. The van der Waals surface area contributed by atoms with Crippen LogP contribution in [0.15, 0.2) is 33.6 Å². The van der Waals surface area contributed by atoms with Crippen LogP contribution in [0.5, 0.6) is 0 Å². The Morgan fingerprint density at radius 3 is 2.35 bits per heavy atom. The number of likely N-dealkylation sites (tertiary alicyclic amines) is 1. The predicted molar refractivity (Wildman–Crippen MR) is 92.0 cm³/mol. The largest absolute Gasteiger partial charge is 0.392 e. The molecule has 1 aliphatic rings. The summed E-state index contributed by atoms with van der Waals surface area (Å²) in [4.78, 5) is 2.01. The maximum Gasteiger partial charge on any atom is 0.283 e. The number of hydrogen-bond donors (Lipinski definition) is 1. The van der Waals surface area contributed by atoms with Crippen molar-refractivity contribution >= 4 is 15.9 Å². The van der Waals surface area contributed by atoms with E-state index in [0.29, 0.717) is 18.8 Å². The first kappa shape index (κ1) is 17.9. The Morgan fingerprint density at radius 2 is 1.83 bits per heavy atom. The molecule has 1 fully saturated rings. The van der Waals surface area contributed by atoms with Crippen LogP contribution in [0.1, 0.15) is 32.8 Å². The van der Waals surface area contributed by atoms with Crippen molar-refractivity contribution in [2.45, 2.75) is 45.1 Å². The van der Waals surface area contributed by atoms with Crippen LogP contribution in [-0.4, -0.2) is 44.0 Å². The molecule has 0 bridgehead atoms. The van der Waals surface area contributed by atoms with Crippen molar-refractivity contribution in [2.24, 2.45) is 15.7 Å². The monoisotopic (exact) mass is 338 g/mol. The number of aliphatic hydroxyl groups excluding tert-OH is 1. The standard InChI is InChI=1S/C17H26N2O3S/c1-12-6-8-13(9-7-12)23(21,22)18-16-14(10-11-19(16)5)15(20)17(2,3)4/h6-9,14-15,20H,10-11H2,1-5H3/b18-16-/t14-,15+/m0/s1. The topological polar surface area (TPSA) is 70.0 Å². The van der Waals surface area contributed by atoms with Crippen molar-refractivity contribution in [3.05, 3.63) is 29.8 Å². The van der Waals surface area contributed by atoms with Gasteiger partial charge in [-0.3, -0.25) is 0 Å². The smallest absolute Gasteiger partial charge is 0.283 e. The molecule has 0 radical (unpaired) electrons. The molecule has 23 heavy (non-hydrogen) atoms. The SMILES string of the molecule is Cc1ccc(S(=O)(=O)/N=C2/[C@H]([C@@H](O)C(C)(C)C)CCN2C)cc1. The van der Waals surface area contributed by atoms with Crippen LogP contribution in [-0.2, 0) is 10.0 Å². The lowest BCUT2D eigenvalue weighted by molar-refractivity contribution is 0.0353. The molecule has 1 N–H and O–H groups in total. The van der Waals surface area contributed by atoms with Gasteiger partial charge in [0.2, 0.25) is 0 Å². The summed E-state index contributed by atoms with van der Waals surface area (Å²) in [6.45, 7) is 8.44. The van der Waals surface area contributed by atoms with Gasteiger partial charge < -0.3 is 10.0 Å². The van der Waals surface area contributed by atoms with E-state index in [9.17, 15) is 13.5 Å². The third-order valence-electron chi connectivity index (χ3n) is 4.30. The number of amidine groups is 1. The summed E-state index contributed by atoms with van der Waals surface area (Å²) in [6, 6.07) is 6.65. The molecule has 0 unspecified atom stereocenters. The molecule has 1 heterocycles. The lowest BCUT2D eigenvalue weighted by atomic mass is 9.80. The second kappa shape index (κ2) is 6.24. The van der Waals surface area contributed by atoms with Gasteiger partial charge >= 0.3 is 0 Å². The Labute approximate surface area is 139 Å². The molecule has 0 aromatic heterocycles. The highest BCUT2D eigenvalue weighted by Crippen LogP contribution is 2.33.